The molecule has 3 heterocycles. The monoisotopic (exact) mass is 348 g/mol. The first kappa shape index (κ1) is 14.3. The van der Waals surface area contributed by atoms with E-state index in [2.05, 4.69) is 44.2 Å². The number of nitrogens with one attached hydrogen (secondary N) is 1. The Hall–Kier alpha value is -1.66. The van der Waals surface area contributed by atoms with Gasteiger partial charge in [0.15, 0.2) is 0 Å². The van der Waals surface area contributed by atoms with E-state index in [0.717, 1.165) is 17.6 Å². The number of aryl methyl sites for hydroxylation is 1. The van der Waals surface area contributed by atoms with Crippen molar-refractivity contribution in [2.45, 2.75) is 5.92 Å². The van der Waals surface area contributed by atoms with Gasteiger partial charge < -0.3 is 14.8 Å². The summed E-state index contributed by atoms with van der Waals surface area (Å²) >= 11 is 3.39. The first-order valence-corrected chi connectivity index (χ1v) is 7.60. The van der Waals surface area contributed by atoms with E-state index in [9.17, 15) is 4.79 Å². The number of pyridine rings is 2. The lowest BCUT2D eigenvalue weighted by Crippen LogP contribution is -2.41. The third-order valence-electron chi connectivity index (χ3n) is 3.73. The van der Waals surface area contributed by atoms with Gasteiger partial charge in [-0.05, 0) is 40.7 Å². The summed E-state index contributed by atoms with van der Waals surface area (Å²) in [6.07, 6.45) is 3.62. The highest BCUT2D eigenvalue weighted by molar-refractivity contribution is 9.10. The molecule has 0 saturated carbocycles. The fourth-order valence-electron chi connectivity index (χ4n) is 2.53. The maximum atomic E-state index is 12.0. The van der Waals surface area contributed by atoms with Crippen molar-refractivity contribution in [3.63, 3.8) is 0 Å². The van der Waals surface area contributed by atoms with Crippen LogP contribution in [0.3, 0.4) is 0 Å². The lowest BCUT2D eigenvalue weighted by Gasteiger charge is -2.36. The average molecular weight is 349 g/mol. The second-order valence-electron chi connectivity index (χ2n) is 5.51. The van der Waals surface area contributed by atoms with Gasteiger partial charge in [-0.2, -0.15) is 0 Å². The molecular weight excluding hydrogens is 332 g/mol. The maximum Gasteiger partial charge on any atom is 0.274 e. The Balaban J connectivity index is 1.78. The van der Waals surface area contributed by atoms with Gasteiger partial charge in [0, 0.05) is 42.9 Å². The van der Waals surface area contributed by atoms with E-state index >= 15 is 0 Å². The molecule has 3 rings (SSSR count). The molecule has 0 bridgehead atoms. The number of anilines is 2. The third-order valence-corrected chi connectivity index (χ3v) is 4.17. The van der Waals surface area contributed by atoms with Gasteiger partial charge in [0.2, 0.25) is 0 Å². The fraction of sp³-hybridized carbons (Fsp3) is 0.333. The molecular formula is C15H17BrN4O. The summed E-state index contributed by atoms with van der Waals surface area (Å²) < 4.78 is 2.38. The van der Waals surface area contributed by atoms with Crippen LogP contribution >= 0.6 is 15.9 Å². The number of likely N-dealkylation sites (N-methyl/N-ethyl adjacent to an activating group) is 1. The molecule has 6 heteroatoms. The van der Waals surface area contributed by atoms with Crippen LogP contribution in [0, 0.1) is 0 Å². The highest BCUT2D eigenvalue weighted by Crippen LogP contribution is 2.25. The fourth-order valence-corrected chi connectivity index (χ4v) is 3.06. The minimum atomic E-state index is -0.0790. The quantitative estimate of drug-likeness (QED) is 0.924. The molecule has 0 atom stereocenters. The predicted octanol–water partition coefficient (Wildman–Crippen LogP) is 2.32. The molecule has 21 heavy (non-hydrogen) atoms. The molecule has 0 aromatic carbocycles. The molecule has 0 unspecified atom stereocenters. The standard InChI is InChI=1S/C15H17BrN4O/c1-19-7-11(8-19)10-3-4-14(17-6-10)18-13-5-12(16)9-20(2)15(13)21/h3-6,9,11H,7-8H2,1-2H3,(H,17,18). The van der Waals surface area contributed by atoms with Gasteiger partial charge in [-0.25, -0.2) is 4.98 Å². The number of hydrogen-bond donors (Lipinski definition) is 1. The normalized spacial score (nSPS) is 15.8. The van der Waals surface area contributed by atoms with Crippen molar-refractivity contribution >= 4 is 27.4 Å². The topological polar surface area (TPSA) is 50.2 Å². The Bertz CT molecular complexity index is 705. The average Bonchev–Trinajstić information content (AvgIpc) is 2.42. The summed E-state index contributed by atoms with van der Waals surface area (Å²) in [6.45, 7) is 2.17. The lowest BCUT2D eigenvalue weighted by atomic mass is 9.93. The number of likely N-dealkylation sites (tertiary alicyclic amines) is 1. The van der Waals surface area contributed by atoms with Crippen molar-refractivity contribution in [3.8, 4) is 0 Å². The van der Waals surface area contributed by atoms with Crippen LogP contribution < -0.4 is 10.9 Å². The van der Waals surface area contributed by atoms with Crippen LogP contribution in [0.25, 0.3) is 0 Å². The molecule has 0 amide bonds. The minimum absolute atomic E-state index is 0.0790. The Kier molecular flexibility index (Phi) is 3.82. The van der Waals surface area contributed by atoms with E-state index in [1.165, 1.54) is 10.1 Å². The zero-order valence-corrected chi connectivity index (χ0v) is 13.6. The number of hydrogen-bond acceptors (Lipinski definition) is 4. The molecule has 1 aliphatic heterocycles. The molecule has 1 fully saturated rings. The first-order valence-electron chi connectivity index (χ1n) is 6.80. The van der Waals surface area contributed by atoms with E-state index in [1.54, 1.807) is 19.3 Å². The minimum Gasteiger partial charge on any atom is -0.336 e. The summed E-state index contributed by atoms with van der Waals surface area (Å²) in [7, 11) is 3.84. The highest BCUT2D eigenvalue weighted by atomic mass is 79.9. The van der Waals surface area contributed by atoms with E-state index in [4.69, 9.17) is 0 Å². The Labute approximate surface area is 131 Å². The zero-order chi connectivity index (χ0) is 15.0. The number of rotatable bonds is 3. The van der Waals surface area contributed by atoms with Crippen molar-refractivity contribution < 1.29 is 0 Å². The van der Waals surface area contributed by atoms with Gasteiger partial charge in [0.1, 0.15) is 11.5 Å². The molecule has 0 aliphatic carbocycles. The highest BCUT2D eigenvalue weighted by Gasteiger charge is 2.24. The van der Waals surface area contributed by atoms with Crippen molar-refractivity contribution in [1.82, 2.24) is 14.5 Å². The van der Waals surface area contributed by atoms with Crippen molar-refractivity contribution in [2.75, 3.05) is 25.5 Å². The second kappa shape index (κ2) is 5.61. The summed E-state index contributed by atoms with van der Waals surface area (Å²) in [4.78, 5) is 18.7. The smallest absolute Gasteiger partial charge is 0.274 e. The van der Waals surface area contributed by atoms with Crippen LogP contribution in [0.2, 0.25) is 0 Å². The van der Waals surface area contributed by atoms with E-state index in [1.807, 2.05) is 12.3 Å². The van der Waals surface area contributed by atoms with Crippen LogP contribution in [0.15, 0.2) is 39.9 Å². The summed E-state index contributed by atoms with van der Waals surface area (Å²) in [5, 5.41) is 3.08. The van der Waals surface area contributed by atoms with Crippen molar-refractivity contribution in [1.29, 1.82) is 0 Å². The number of nitrogens with zero attached hydrogens (tertiary/aromatic N) is 3. The van der Waals surface area contributed by atoms with Gasteiger partial charge in [-0.3, -0.25) is 4.79 Å². The van der Waals surface area contributed by atoms with Crippen LogP contribution in [0.5, 0.6) is 0 Å². The number of halogens is 1. The summed E-state index contributed by atoms with van der Waals surface area (Å²) in [6, 6.07) is 5.77. The second-order valence-corrected chi connectivity index (χ2v) is 6.42. The molecule has 2 aromatic heterocycles. The molecule has 1 saturated heterocycles. The largest absolute Gasteiger partial charge is 0.336 e. The van der Waals surface area contributed by atoms with Crippen LogP contribution in [-0.2, 0) is 7.05 Å². The lowest BCUT2D eigenvalue weighted by molar-refractivity contribution is 0.189. The van der Waals surface area contributed by atoms with Crippen molar-refractivity contribution in [3.05, 3.63) is 51.0 Å². The Morgan fingerprint density at radius 1 is 1.33 bits per heavy atom. The van der Waals surface area contributed by atoms with E-state index in [-0.39, 0.29) is 5.56 Å². The molecule has 5 nitrogen and oxygen atoms in total. The molecule has 1 aliphatic rings. The summed E-state index contributed by atoms with van der Waals surface area (Å²) in [5.74, 6) is 1.26. The SMILES string of the molecule is CN1CC(c2ccc(Nc3cc(Br)cn(C)c3=O)nc2)C1. The molecule has 2 aromatic rings. The third kappa shape index (κ3) is 3.01. The Morgan fingerprint density at radius 2 is 2.10 bits per heavy atom. The van der Waals surface area contributed by atoms with Crippen molar-refractivity contribution in [2.24, 2.45) is 7.05 Å². The number of aromatic nitrogens is 2. The maximum absolute atomic E-state index is 12.0. The molecule has 110 valence electrons. The predicted molar refractivity (Wildman–Crippen MR) is 87.1 cm³/mol. The molecule has 1 N–H and O–H groups in total. The Morgan fingerprint density at radius 3 is 2.71 bits per heavy atom. The van der Waals surface area contributed by atoms with Crippen LogP contribution in [0.4, 0.5) is 11.5 Å². The van der Waals surface area contributed by atoms with Gasteiger partial charge >= 0.3 is 0 Å². The van der Waals surface area contributed by atoms with Crippen LogP contribution in [-0.4, -0.2) is 34.6 Å². The molecule has 0 radical (unpaired) electrons. The first-order chi connectivity index (χ1) is 10.0. The van der Waals surface area contributed by atoms with Gasteiger partial charge in [0.25, 0.3) is 5.56 Å². The van der Waals surface area contributed by atoms with E-state index in [0.29, 0.717) is 17.4 Å². The van der Waals surface area contributed by atoms with Gasteiger partial charge in [-0.1, -0.05) is 6.07 Å². The van der Waals surface area contributed by atoms with Crippen LogP contribution in [0.1, 0.15) is 11.5 Å². The van der Waals surface area contributed by atoms with Gasteiger partial charge in [-0.15, -0.1) is 0 Å². The van der Waals surface area contributed by atoms with E-state index < -0.39 is 0 Å². The zero-order valence-electron chi connectivity index (χ0n) is 12.0. The van der Waals surface area contributed by atoms with Gasteiger partial charge in [0.05, 0.1) is 0 Å². The molecule has 0 spiro atoms. The summed E-state index contributed by atoms with van der Waals surface area (Å²) in [5.41, 5.74) is 1.68.